The number of carbonyl (C=O) groups is 1. The van der Waals surface area contributed by atoms with Gasteiger partial charge in [0, 0.05) is 12.6 Å². The van der Waals surface area contributed by atoms with Gasteiger partial charge in [-0.15, -0.1) is 0 Å². The van der Waals surface area contributed by atoms with Crippen LogP contribution in [0.1, 0.15) is 21.7 Å². The fourth-order valence-corrected chi connectivity index (χ4v) is 2.28. The van der Waals surface area contributed by atoms with Gasteiger partial charge in [-0.25, -0.2) is 4.98 Å². The van der Waals surface area contributed by atoms with Crippen molar-refractivity contribution in [1.82, 2.24) is 15.3 Å². The van der Waals surface area contributed by atoms with Crippen LogP contribution in [-0.4, -0.2) is 22.9 Å². The number of carbonyl (C=O) groups excluding carboxylic acids is 1. The quantitative estimate of drug-likeness (QED) is 0.730. The zero-order valence-electron chi connectivity index (χ0n) is 12.5. The van der Waals surface area contributed by atoms with Crippen LogP contribution < -0.4 is 5.32 Å². The van der Waals surface area contributed by atoms with Gasteiger partial charge in [0.05, 0.1) is 16.6 Å². The number of nitriles is 1. The first-order valence-electron chi connectivity index (χ1n) is 7.10. The third-order valence-corrected chi connectivity index (χ3v) is 3.48. The number of H-pyrrole nitrogens is 1. The van der Waals surface area contributed by atoms with Crippen molar-refractivity contribution >= 4 is 28.6 Å². The summed E-state index contributed by atoms with van der Waals surface area (Å²) in [6, 6.07) is 16.8. The highest BCUT2D eigenvalue weighted by Crippen LogP contribution is 2.19. The minimum absolute atomic E-state index is 0.140. The number of amides is 1. The van der Waals surface area contributed by atoms with Crippen LogP contribution in [0, 0.1) is 11.3 Å². The van der Waals surface area contributed by atoms with E-state index in [1.165, 1.54) is 0 Å². The van der Waals surface area contributed by atoms with E-state index in [0.29, 0.717) is 17.0 Å². The molecule has 3 aromatic rings. The Morgan fingerprint density at radius 3 is 2.61 bits per heavy atom. The van der Waals surface area contributed by atoms with Crippen LogP contribution in [0.15, 0.2) is 48.5 Å². The van der Waals surface area contributed by atoms with E-state index in [2.05, 4.69) is 21.4 Å². The maximum absolute atomic E-state index is 11.5. The van der Waals surface area contributed by atoms with Crippen molar-refractivity contribution in [1.29, 1.82) is 5.26 Å². The molecule has 2 aromatic carbocycles. The van der Waals surface area contributed by atoms with Crippen LogP contribution >= 0.6 is 0 Å². The van der Waals surface area contributed by atoms with Gasteiger partial charge >= 0.3 is 0 Å². The number of nitrogens with zero attached hydrogens (tertiary/aromatic N) is 2. The Balaban J connectivity index is 1.95. The molecule has 0 atom stereocenters. The van der Waals surface area contributed by atoms with Crippen LogP contribution in [-0.2, 0) is 0 Å². The van der Waals surface area contributed by atoms with Gasteiger partial charge in [-0.1, -0.05) is 24.3 Å². The smallest absolute Gasteiger partial charge is 0.251 e. The lowest BCUT2D eigenvalue weighted by atomic mass is 10.1. The molecule has 1 heterocycles. The highest BCUT2D eigenvalue weighted by atomic mass is 16.1. The summed E-state index contributed by atoms with van der Waals surface area (Å²) >= 11 is 0. The molecule has 0 saturated heterocycles. The Kier molecular flexibility index (Phi) is 3.89. The normalized spacial score (nSPS) is 11.2. The molecule has 0 bridgehead atoms. The number of aromatic nitrogens is 2. The van der Waals surface area contributed by atoms with Crippen molar-refractivity contribution in [2.75, 3.05) is 7.05 Å². The van der Waals surface area contributed by atoms with Crippen LogP contribution in [0.4, 0.5) is 0 Å². The molecule has 2 N–H and O–H groups in total. The lowest BCUT2D eigenvalue weighted by Crippen LogP contribution is -2.17. The van der Waals surface area contributed by atoms with Gasteiger partial charge < -0.3 is 10.3 Å². The number of imidazole rings is 1. The molecule has 0 aliphatic rings. The summed E-state index contributed by atoms with van der Waals surface area (Å²) in [6.07, 6.45) is 1.74. The van der Waals surface area contributed by atoms with Crippen LogP contribution in [0.5, 0.6) is 0 Å². The first-order valence-corrected chi connectivity index (χ1v) is 7.10. The van der Waals surface area contributed by atoms with E-state index >= 15 is 0 Å². The summed E-state index contributed by atoms with van der Waals surface area (Å²) < 4.78 is 0. The second kappa shape index (κ2) is 6.16. The molecule has 0 fully saturated rings. The lowest BCUT2D eigenvalue weighted by Gasteiger charge is -2.00. The average molecular weight is 302 g/mol. The van der Waals surface area contributed by atoms with Crippen molar-refractivity contribution in [2.24, 2.45) is 0 Å². The number of para-hydroxylation sites is 2. The van der Waals surface area contributed by atoms with Crippen molar-refractivity contribution in [3.63, 3.8) is 0 Å². The molecule has 3 rings (SSSR count). The zero-order valence-corrected chi connectivity index (χ0v) is 12.5. The fourth-order valence-electron chi connectivity index (χ4n) is 2.28. The highest BCUT2D eigenvalue weighted by Gasteiger charge is 2.08. The number of aromatic amines is 1. The first kappa shape index (κ1) is 14.5. The fraction of sp³-hybridized carbons (Fsp3) is 0.0556. The second-order valence-corrected chi connectivity index (χ2v) is 4.97. The molecule has 23 heavy (non-hydrogen) atoms. The zero-order chi connectivity index (χ0) is 16.2. The number of nitrogens with one attached hydrogen (secondary N) is 2. The molecule has 0 unspecified atom stereocenters. The summed E-state index contributed by atoms with van der Waals surface area (Å²) in [5, 5.41) is 12.0. The minimum Gasteiger partial charge on any atom is -0.355 e. The van der Waals surface area contributed by atoms with Crippen LogP contribution in [0.25, 0.3) is 22.7 Å². The maximum atomic E-state index is 11.5. The third-order valence-electron chi connectivity index (χ3n) is 3.48. The van der Waals surface area contributed by atoms with Crippen molar-refractivity contribution in [3.05, 3.63) is 65.5 Å². The Bertz CT molecular complexity index is 897. The van der Waals surface area contributed by atoms with E-state index in [-0.39, 0.29) is 5.91 Å². The van der Waals surface area contributed by atoms with Gasteiger partial charge in [-0.05, 0) is 35.9 Å². The number of rotatable bonds is 3. The molecule has 0 saturated carbocycles. The van der Waals surface area contributed by atoms with Gasteiger partial charge in [0.25, 0.3) is 5.91 Å². The maximum Gasteiger partial charge on any atom is 0.251 e. The van der Waals surface area contributed by atoms with Crippen molar-refractivity contribution in [3.8, 4) is 6.07 Å². The summed E-state index contributed by atoms with van der Waals surface area (Å²) in [5.41, 5.74) is 3.55. The topological polar surface area (TPSA) is 81.6 Å². The molecule has 5 heteroatoms. The van der Waals surface area contributed by atoms with Gasteiger partial charge in [-0.3, -0.25) is 4.79 Å². The molecule has 112 valence electrons. The lowest BCUT2D eigenvalue weighted by molar-refractivity contribution is 0.0963. The Hall–Kier alpha value is -3.39. The number of allylic oxidation sites excluding steroid dienone is 1. The van der Waals surface area contributed by atoms with E-state index < -0.39 is 0 Å². The van der Waals surface area contributed by atoms with E-state index in [1.807, 2.05) is 24.3 Å². The van der Waals surface area contributed by atoms with Crippen LogP contribution in [0.2, 0.25) is 0 Å². The summed E-state index contributed by atoms with van der Waals surface area (Å²) in [7, 11) is 1.59. The minimum atomic E-state index is -0.140. The van der Waals surface area contributed by atoms with Crippen LogP contribution in [0.3, 0.4) is 0 Å². The average Bonchev–Trinajstić information content (AvgIpc) is 3.03. The molecule has 0 aliphatic carbocycles. The summed E-state index contributed by atoms with van der Waals surface area (Å²) in [6.45, 7) is 0. The Morgan fingerprint density at radius 1 is 1.22 bits per heavy atom. The standard InChI is InChI=1S/C18H14N4O/c1-20-18(23)13-8-6-12(7-9-13)10-14(11-19)17-21-15-4-2-3-5-16(15)22-17/h2-10H,1H3,(H,20,23)(H,21,22)/b14-10-. The van der Waals surface area contributed by atoms with Gasteiger partial charge in [-0.2, -0.15) is 5.26 Å². The predicted octanol–water partition coefficient (Wildman–Crippen LogP) is 2.99. The molecule has 0 radical (unpaired) electrons. The molecular formula is C18H14N4O. The second-order valence-electron chi connectivity index (χ2n) is 4.97. The van der Waals surface area contributed by atoms with Gasteiger partial charge in [0.15, 0.2) is 0 Å². The monoisotopic (exact) mass is 302 g/mol. The van der Waals surface area contributed by atoms with Gasteiger partial charge in [0.1, 0.15) is 11.9 Å². The van der Waals surface area contributed by atoms with E-state index in [4.69, 9.17) is 0 Å². The number of benzene rings is 2. The van der Waals surface area contributed by atoms with E-state index in [0.717, 1.165) is 16.6 Å². The molecule has 5 nitrogen and oxygen atoms in total. The molecule has 1 amide bonds. The molecule has 0 aliphatic heterocycles. The van der Waals surface area contributed by atoms with Crippen molar-refractivity contribution in [2.45, 2.75) is 0 Å². The highest BCUT2D eigenvalue weighted by molar-refractivity contribution is 5.95. The molecular weight excluding hydrogens is 288 g/mol. The predicted molar refractivity (Wildman–Crippen MR) is 89.4 cm³/mol. The third kappa shape index (κ3) is 2.97. The summed E-state index contributed by atoms with van der Waals surface area (Å²) in [4.78, 5) is 19.1. The number of hydrogen-bond donors (Lipinski definition) is 2. The number of hydrogen-bond acceptors (Lipinski definition) is 3. The van der Waals surface area contributed by atoms with Crippen molar-refractivity contribution < 1.29 is 4.79 Å². The van der Waals surface area contributed by atoms with E-state index in [9.17, 15) is 10.1 Å². The van der Waals surface area contributed by atoms with E-state index in [1.54, 1.807) is 37.4 Å². The Morgan fingerprint density at radius 2 is 1.96 bits per heavy atom. The Labute approximate surface area is 133 Å². The van der Waals surface area contributed by atoms with Gasteiger partial charge in [0.2, 0.25) is 0 Å². The number of fused-ring (bicyclic) bond motifs is 1. The molecule has 1 aromatic heterocycles. The largest absolute Gasteiger partial charge is 0.355 e. The summed E-state index contributed by atoms with van der Waals surface area (Å²) in [5.74, 6) is 0.391. The SMILES string of the molecule is CNC(=O)c1ccc(/C=C(/C#N)c2nc3ccccc3[nH]2)cc1. The first-order chi connectivity index (χ1) is 11.2. The molecule has 0 spiro atoms.